The van der Waals surface area contributed by atoms with Crippen LogP contribution in [0, 0.1) is 5.92 Å². The van der Waals surface area contributed by atoms with Crippen LogP contribution in [0.5, 0.6) is 0 Å². The van der Waals surface area contributed by atoms with E-state index in [9.17, 15) is 4.79 Å². The fourth-order valence-electron chi connectivity index (χ4n) is 1.70. The van der Waals surface area contributed by atoms with Gasteiger partial charge < -0.3 is 0 Å². The SMILES string of the molecule is CC1Cc2c(Cl)cc(Cl)cc2C1=O. The fourth-order valence-corrected chi connectivity index (χ4v) is 2.27. The van der Waals surface area contributed by atoms with Gasteiger partial charge in [-0.2, -0.15) is 0 Å². The second kappa shape index (κ2) is 3.00. The molecule has 0 aliphatic heterocycles. The van der Waals surface area contributed by atoms with Gasteiger partial charge >= 0.3 is 0 Å². The smallest absolute Gasteiger partial charge is 0.166 e. The lowest BCUT2D eigenvalue weighted by Crippen LogP contribution is -2.02. The number of carbonyl (C=O) groups excluding carboxylic acids is 1. The summed E-state index contributed by atoms with van der Waals surface area (Å²) in [6.07, 6.45) is 0.740. The number of hydrogen-bond donors (Lipinski definition) is 0. The zero-order valence-electron chi connectivity index (χ0n) is 7.10. The van der Waals surface area contributed by atoms with Crippen molar-refractivity contribution in [3.8, 4) is 0 Å². The molecule has 13 heavy (non-hydrogen) atoms. The van der Waals surface area contributed by atoms with Crippen molar-refractivity contribution in [2.45, 2.75) is 13.3 Å². The minimum atomic E-state index is 0.0472. The lowest BCUT2D eigenvalue weighted by atomic mass is 10.1. The summed E-state index contributed by atoms with van der Waals surface area (Å²) >= 11 is 11.8. The van der Waals surface area contributed by atoms with Crippen molar-refractivity contribution in [2.24, 2.45) is 5.92 Å². The highest BCUT2D eigenvalue weighted by Gasteiger charge is 2.28. The third-order valence-electron chi connectivity index (χ3n) is 2.38. The van der Waals surface area contributed by atoms with E-state index >= 15 is 0 Å². The molecule has 1 aliphatic carbocycles. The van der Waals surface area contributed by atoms with Crippen LogP contribution >= 0.6 is 23.2 Å². The first-order chi connectivity index (χ1) is 6.09. The Balaban J connectivity index is 2.64. The predicted molar refractivity (Wildman–Crippen MR) is 53.7 cm³/mol. The molecule has 0 bridgehead atoms. The molecule has 0 amide bonds. The molecule has 3 heteroatoms. The van der Waals surface area contributed by atoms with Crippen LogP contribution in [0.4, 0.5) is 0 Å². The molecule has 0 spiro atoms. The maximum atomic E-state index is 11.6. The molecule has 2 rings (SSSR count). The van der Waals surface area contributed by atoms with Crippen molar-refractivity contribution in [1.82, 2.24) is 0 Å². The summed E-state index contributed by atoms with van der Waals surface area (Å²) in [5.74, 6) is 0.199. The molecule has 0 heterocycles. The Labute approximate surface area is 86.7 Å². The summed E-state index contributed by atoms with van der Waals surface area (Å²) < 4.78 is 0. The summed E-state index contributed by atoms with van der Waals surface area (Å²) in [5, 5.41) is 1.14. The van der Waals surface area contributed by atoms with Gasteiger partial charge in [0.05, 0.1) is 0 Å². The topological polar surface area (TPSA) is 17.1 Å². The van der Waals surface area contributed by atoms with E-state index in [1.54, 1.807) is 12.1 Å². The van der Waals surface area contributed by atoms with Gasteiger partial charge in [-0.1, -0.05) is 30.1 Å². The Bertz CT molecular complexity index is 385. The van der Waals surface area contributed by atoms with E-state index in [1.807, 2.05) is 6.92 Å². The first-order valence-electron chi connectivity index (χ1n) is 4.11. The van der Waals surface area contributed by atoms with E-state index < -0.39 is 0 Å². The molecule has 0 saturated heterocycles. The predicted octanol–water partition coefficient (Wildman–Crippen LogP) is 3.37. The third-order valence-corrected chi connectivity index (χ3v) is 2.94. The second-order valence-corrected chi connectivity index (χ2v) is 4.23. The lowest BCUT2D eigenvalue weighted by molar-refractivity contribution is 0.0946. The Morgan fingerprint density at radius 3 is 2.77 bits per heavy atom. The van der Waals surface area contributed by atoms with Gasteiger partial charge in [0, 0.05) is 21.5 Å². The molecule has 0 N–H and O–H groups in total. The molecule has 68 valence electrons. The second-order valence-electron chi connectivity index (χ2n) is 3.38. The maximum Gasteiger partial charge on any atom is 0.166 e. The molecular weight excluding hydrogens is 207 g/mol. The molecule has 1 unspecified atom stereocenters. The number of ketones is 1. The number of hydrogen-bond acceptors (Lipinski definition) is 1. The Morgan fingerprint density at radius 2 is 2.08 bits per heavy atom. The molecule has 1 atom stereocenters. The standard InChI is InChI=1S/C10H8Cl2O/c1-5-2-7-8(10(5)13)3-6(11)4-9(7)12/h3-5H,2H2,1H3. The van der Waals surface area contributed by atoms with Crippen molar-refractivity contribution >= 4 is 29.0 Å². The van der Waals surface area contributed by atoms with Gasteiger partial charge in [-0.25, -0.2) is 0 Å². The number of Topliss-reactive ketones (excluding diaryl/α,β-unsaturated/α-hetero) is 1. The average molecular weight is 215 g/mol. The zero-order chi connectivity index (χ0) is 9.59. The van der Waals surface area contributed by atoms with Crippen molar-refractivity contribution in [3.63, 3.8) is 0 Å². The van der Waals surface area contributed by atoms with Crippen LogP contribution in [-0.2, 0) is 6.42 Å². The molecular formula is C10H8Cl2O. The van der Waals surface area contributed by atoms with E-state index in [0.29, 0.717) is 15.6 Å². The molecule has 1 aromatic rings. The van der Waals surface area contributed by atoms with E-state index in [4.69, 9.17) is 23.2 Å². The van der Waals surface area contributed by atoms with Gasteiger partial charge in [0.2, 0.25) is 0 Å². The maximum absolute atomic E-state index is 11.6. The number of halogens is 2. The number of benzene rings is 1. The number of rotatable bonds is 0. The highest BCUT2D eigenvalue weighted by Crippen LogP contribution is 2.34. The molecule has 0 aromatic heterocycles. The first kappa shape index (κ1) is 9.04. The number of fused-ring (bicyclic) bond motifs is 1. The lowest BCUT2D eigenvalue weighted by Gasteiger charge is -2.00. The summed E-state index contributed by atoms with van der Waals surface area (Å²) in [6, 6.07) is 3.39. The molecule has 0 saturated carbocycles. The monoisotopic (exact) mass is 214 g/mol. The minimum Gasteiger partial charge on any atom is -0.294 e. The van der Waals surface area contributed by atoms with E-state index in [1.165, 1.54) is 0 Å². The molecule has 0 radical (unpaired) electrons. The van der Waals surface area contributed by atoms with Crippen LogP contribution in [0.3, 0.4) is 0 Å². The summed E-state index contributed by atoms with van der Waals surface area (Å²) in [7, 11) is 0. The summed E-state index contributed by atoms with van der Waals surface area (Å²) in [6.45, 7) is 1.91. The largest absolute Gasteiger partial charge is 0.294 e. The quantitative estimate of drug-likeness (QED) is 0.648. The Hall–Kier alpha value is -0.530. The molecule has 1 nitrogen and oxygen atoms in total. The van der Waals surface area contributed by atoms with Gasteiger partial charge in [0.15, 0.2) is 5.78 Å². The van der Waals surface area contributed by atoms with Crippen LogP contribution in [0.25, 0.3) is 0 Å². The van der Waals surface area contributed by atoms with Crippen molar-refractivity contribution < 1.29 is 4.79 Å². The van der Waals surface area contributed by atoms with E-state index in [0.717, 1.165) is 12.0 Å². The van der Waals surface area contributed by atoms with Gasteiger partial charge in [0.1, 0.15) is 0 Å². The summed E-state index contributed by atoms with van der Waals surface area (Å²) in [5.41, 5.74) is 1.65. The Kier molecular flexibility index (Phi) is 2.09. The van der Waals surface area contributed by atoms with Gasteiger partial charge in [-0.3, -0.25) is 4.79 Å². The van der Waals surface area contributed by atoms with Crippen LogP contribution in [0.15, 0.2) is 12.1 Å². The van der Waals surface area contributed by atoms with Crippen LogP contribution < -0.4 is 0 Å². The van der Waals surface area contributed by atoms with Crippen molar-refractivity contribution in [3.05, 3.63) is 33.3 Å². The fraction of sp³-hybridized carbons (Fsp3) is 0.300. The van der Waals surface area contributed by atoms with Crippen molar-refractivity contribution in [2.75, 3.05) is 0 Å². The minimum absolute atomic E-state index is 0.0472. The molecule has 0 fully saturated rings. The highest BCUT2D eigenvalue weighted by molar-refractivity contribution is 6.36. The molecule has 1 aromatic carbocycles. The van der Waals surface area contributed by atoms with E-state index in [-0.39, 0.29) is 11.7 Å². The van der Waals surface area contributed by atoms with Gasteiger partial charge in [0.25, 0.3) is 0 Å². The van der Waals surface area contributed by atoms with Gasteiger partial charge in [-0.05, 0) is 24.1 Å². The van der Waals surface area contributed by atoms with Crippen LogP contribution in [0.1, 0.15) is 22.8 Å². The zero-order valence-corrected chi connectivity index (χ0v) is 8.62. The Morgan fingerprint density at radius 1 is 1.38 bits per heavy atom. The van der Waals surface area contributed by atoms with E-state index in [2.05, 4.69) is 0 Å². The first-order valence-corrected chi connectivity index (χ1v) is 4.87. The highest BCUT2D eigenvalue weighted by atomic mass is 35.5. The van der Waals surface area contributed by atoms with Crippen LogP contribution in [0.2, 0.25) is 10.0 Å². The van der Waals surface area contributed by atoms with Crippen LogP contribution in [-0.4, -0.2) is 5.78 Å². The normalized spacial score (nSPS) is 20.5. The van der Waals surface area contributed by atoms with Crippen molar-refractivity contribution in [1.29, 1.82) is 0 Å². The third kappa shape index (κ3) is 1.36. The molecule has 1 aliphatic rings. The van der Waals surface area contributed by atoms with Gasteiger partial charge in [-0.15, -0.1) is 0 Å². The number of carbonyl (C=O) groups is 1. The summed E-state index contributed by atoms with van der Waals surface area (Å²) in [4.78, 5) is 11.6. The average Bonchev–Trinajstić information content (AvgIpc) is 2.32.